The summed E-state index contributed by atoms with van der Waals surface area (Å²) in [5.41, 5.74) is 0. The molecule has 0 aliphatic heterocycles. The zero-order chi connectivity index (χ0) is 31.1. The Morgan fingerprint density at radius 3 is 1.38 bits per heavy atom. The number of hydrogen-bond donors (Lipinski definition) is 0. The third kappa shape index (κ3) is 31.1. The standard InChI is InChI=1S/C40H70O2/c1-7-8-9-10-11-12-13-14-15-16-17-18-19-20-21-22-23-33-40(41)42-35-34-39(6)32-26-31-38(5)30-25-29-37(4)28-24-27-36(2)3/h8-9,11-12,14-15,17-18,20-21,36-39H,7,10,13,16,19,22-35H2,1-6H3/b9-8-,12-11-,15-14-,18-17-,21-20-/t37-,38-,39?/m1/s1. The minimum atomic E-state index is -0.0402. The zero-order valence-electron chi connectivity index (χ0n) is 28.8. The van der Waals surface area contributed by atoms with Crippen molar-refractivity contribution in [2.24, 2.45) is 23.7 Å². The monoisotopic (exact) mass is 583 g/mol. The molecule has 0 radical (unpaired) electrons. The molecular weight excluding hydrogens is 512 g/mol. The summed E-state index contributed by atoms with van der Waals surface area (Å²) < 4.78 is 5.50. The molecule has 0 N–H and O–H groups in total. The second-order valence-electron chi connectivity index (χ2n) is 13.1. The van der Waals surface area contributed by atoms with Gasteiger partial charge in [0.05, 0.1) is 6.61 Å². The molecule has 0 amide bonds. The largest absolute Gasteiger partial charge is 0.466 e. The molecule has 0 aliphatic rings. The molecular formula is C40H70O2. The summed E-state index contributed by atoms with van der Waals surface area (Å²) in [6.45, 7) is 14.6. The Labute approximate surface area is 263 Å². The van der Waals surface area contributed by atoms with E-state index < -0.39 is 0 Å². The van der Waals surface area contributed by atoms with E-state index in [0.29, 0.717) is 18.9 Å². The second-order valence-corrected chi connectivity index (χ2v) is 13.1. The van der Waals surface area contributed by atoms with Gasteiger partial charge in [0.1, 0.15) is 0 Å². The maximum absolute atomic E-state index is 12.1. The molecule has 42 heavy (non-hydrogen) atoms. The Bertz CT molecular complexity index is 739. The van der Waals surface area contributed by atoms with Crippen molar-refractivity contribution in [1.29, 1.82) is 0 Å². The highest BCUT2D eigenvalue weighted by atomic mass is 16.5. The number of carbonyl (C=O) groups is 1. The quantitative estimate of drug-likeness (QED) is 0.0521. The van der Waals surface area contributed by atoms with Crippen LogP contribution in [0.1, 0.15) is 157 Å². The molecule has 242 valence electrons. The molecule has 0 aromatic heterocycles. The van der Waals surface area contributed by atoms with E-state index in [1.54, 1.807) is 0 Å². The Kier molecular flexibility index (Phi) is 29.3. The van der Waals surface area contributed by atoms with Crippen molar-refractivity contribution >= 4 is 5.97 Å². The molecule has 0 heterocycles. The molecule has 0 aliphatic carbocycles. The van der Waals surface area contributed by atoms with Crippen LogP contribution in [0.15, 0.2) is 60.8 Å². The topological polar surface area (TPSA) is 26.3 Å². The predicted molar refractivity (Wildman–Crippen MR) is 188 cm³/mol. The highest BCUT2D eigenvalue weighted by Gasteiger charge is 2.09. The fourth-order valence-electron chi connectivity index (χ4n) is 5.12. The molecule has 1 unspecified atom stereocenters. The SMILES string of the molecule is CC/C=C\C/C=C\C/C=C\C/C=C\C/C=C\CCCC(=O)OCCC(C)CCC[C@H](C)CCC[C@H](C)CCCC(C)C. The van der Waals surface area contributed by atoms with Gasteiger partial charge in [0.15, 0.2) is 0 Å². The van der Waals surface area contributed by atoms with Gasteiger partial charge in [0, 0.05) is 6.42 Å². The molecule has 0 spiro atoms. The summed E-state index contributed by atoms with van der Waals surface area (Å²) >= 11 is 0. The lowest BCUT2D eigenvalue weighted by atomic mass is 9.91. The van der Waals surface area contributed by atoms with Crippen LogP contribution in [0.4, 0.5) is 0 Å². The van der Waals surface area contributed by atoms with E-state index in [1.165, 1.54) is 57.8 Å². The van der Waals surface area contributed by atoms with Gasteiger partial charge in [-0.1, -0.05) is 160 Å². The molecule has 0 saturated heterocycles. The molecule has 2 heteroatoms. The van der Waals surface area contributed by atoms with Crippen LogP contribution >= 0.6 is 0 Å². The van der Waals surface area contributed by atoms with Gasteiger partial charge in [0.2, 0.25) is 0 Å². The smallest absolute Gasteiger partial charge is 0.305 e. The number of ether oxygens (including phenoxy) is 1. The summed E-state index contributed by atoms with van der Waals surface area (Å²) in [4.78, 5) is 12.1. The fraction of sp³-hybridized carbons (Fsp3) is 0.725. The van der Waals surface area contributed by atoms with Gasteiger partial charge in [-0.25, -0.2) is 0 Å². The average Bonchev–Trinajstić information content (AvgIpc) is 2.94. The summed E-state index contributed by atoms with van der Waals surface area (Å²) in [5.74, 6) is 3.16. The second kappa shape index (κ2) is 30.6. The third-order valence-electron chi connectivity index (χ3n) is 8.05. The highest BCUT2D eigenvalue weighted by molar-refractivity contribution is 5.69. The molecule has 3 atom stereocenters. The lowest BCUT2D eigenvalue weighted by molar-refractivity contribution is -0.144. The van der Waals surface area contributed by atoms with Gasteiger partial charge in [-0.05, 0) is 75.0 Å². The van der Waals surface area contributed by atoms with Gasteiger partial charge in [0.25, 0.3) is 0 Å². The van der Waals surface area contributed by atoms with Crippen molar-refractivity contribution in [3.05, 3.63) is 60.8 Å². The molecule has 0 bridgehead atoms. The average molecular weight is 583 g/mol. The van der Waals surface area contributed by atoms with E-state index in [0.717, 1.165) is 69.1 Å². The Morgan fingerprint density at radius 2 is 0.929 bits per heavy atom. The van der Waals surface area contributed by atoms with Crippen LogP contribution in [0.5, 0.6) is 0 Å². The maximum Gasteiger partial charge on any atom is 0.305 e. The zero-order valence-corrected chi connectivity index (χ0v) is 28.8. The first kappa shape index (κ1) is 40.2. The number of allylic oxidation sites excluding steroid dienone is 10. The molecule has 2 nitrogen and oxygen atoms in total. The number of rotatable bonds is 28. The van der Waals surface area contributed by atoms with E-state index >= 15 is 0 Å². The van der Waals surface area contributed by atoms with Crippen LogP contribution in [0, 0.1) is 23.7 Å². The fourth-order valence-corrected chi connectivity index (χ4v) is 5.12. The maximum atomic E-state index is 12.1. The van der Waals surface area contributed by atoms with Crippen LogP contribution in [0.3, 0.4) is 0 Å². The van der Waals surface area contributed by atoms with E-state index in [2.05, 4.69) is 102 Å². The first-order valence-corrected chi connectivity index (χ1v) is 17.8. The van der Waals surface area contributed by atoms with Crippen LogP contribution in [0.2, 0.25) is 0 Å². The summed E-state index contributed by atoms with van der Waals surface area (Å²) in [7, 11) is 0. The summed E-state index contributed by atoms with van der Waals surface area (Å²) in [5, 5.41) is 0. The van der Waals surface area contributed by atoms with Crippen LogP contribution in [0.25, 0.3) is 0 Å². The number of hydrogen-bond acceptors (Lipinski definition) is 2. The Balaban J connectivity index is 3.64. The third-order valence-corrected chi connectivity index (χ3v) is 8.05. The predicted octanol–water partition coefficient (Wildman–Crippen LogP) is 12.9. The van der Waals surface area contributed by atoms with Crippen LogP contribution in [-0.2, 0) is 9.53 Å². The van der Waals surface area contributed by atoms with Crippen molar-refractivity contribution in [3.8, 4) is 0 Å². The summed E-state index contributed by atoms with van der Waals surface area (Å²) in [6.07, 6.45) is 42.7. The van der Waals surface area contributed by atoms with Gasteiger partial charge in [-0.2, -0.15) is 0 Å². The molecule has 0 aromatic carbocycles. The van der Waals surface area contributed by atoms with Gasteiger partial charge < -0.3 is 4.74 Å². The van der Waals surface area contributed by atoms with Crippen molar-refractivity contribution in [1.82, 2.24) is 0 Å². The van der Waals surface area contributed by atoms with E-state index in [9.17, 15) is 4.79 Å². The molecule has 0 fully saturated rings. The minimum absolute atomic E-state index is 0.0402. The normalized spacial score (nSPS) is 14.8. The highest BCUT2D eigenvalue weighted by Crippen LogP contribution is 2.22. The number of unbranched alkanes of at least 4 members (excludes halogenated alkanes) is 1. The van der Waals surface area contributed by atoms with E-state index in [4.69, 9.17) is 4.74 Å². The van der Waals surface area contributed by atoms with E-state index in [1.807, 2.05) is 0 Å². The molecule has 0 saturated carbocycles. The number of esters is 1. The van der Waals surface area contributed by atoms with Gasteiger partial charge >= 0.3 is 5.97 Å². The van der Waals surface area contributed by atoms with Gasteiger partial charge in [-0.15, -0.1) is 0 Å². The minimum Gasteiger partial charge on any atom is -0.466 e. The first-order chi connectivity index (χ1) is 20.3. The van der Waals surface area contributed by atoms with Gasteiger partial charge in [-0.3, -0.25) is 4.79 Å². The van der Waals surface area contributed by atoms with Crippen molar-refractivity contribution in [2.75, 3.05) is 6.61 Å². The van der Waals surface area contributed by atoms with Crippen molar-refractivity contribution in [2.45, 2.75) is 157 Å². The lowest BCUT2D eigenvalue weighted by Crippen LogP contribution is -2.09. The van der Waals surface area contributed by atoms with Crippen molar-refractivity contribution < 1.29 is 9.53 Å². The van der Waals surface area contributed by atoms with Crippen LogP contribution < -0.4 is 0 Å². The lowest BCUT2D eigenvalue weighted by Gasteiger charge is -2.16. The Morgan fingerprint density at radius 1 is 0.524 bits per heavy atom. The first-order valence-electron chi connectivity index (χ1n) is 17.8. The summed E-state index contributed by atoms with van der Waals surface area (Å²) in [6, 6.07) is 0. The van der Waals surface area contributed by atoms with Crippen LogP contribution in [-0.4, -0.2) is 12.6 Å². The molecule has 0 aromatic rings. The number of carbonyl (C=O) groups excluding carboxylic acids is 1. The Hall–Kier alpha value is -1.83. The molecule has 0 rings (SSSR count). The van der Waals surface area contributed by atoms with E-state index in [-0.39, 0.29) is 5.97 Å². The van der Waals surface area contributed by atoms with Crippen molar-refractivity contribution in [3.63, 3.8) is 0 Å².